The van der Waals surface area contributed by atoms with Gasteiger partial charge >= 0.3 is 12.4 Å². The highest BCUT2D eigenvalue weighted by Gasteiger charge is 2.52. The van der Waals surface area contributed by atoms with Gasteiger partial charge in [-0.3, -0.25) is 9.59 Å². The van der Waals surface area contributed by atoms with Gasteiger partial charge in [-0.1, -0.05) is 24.3 Å². The lowest BCUT2D eigenvalue weighted by molar-refractivity contribution is -0.193. The lowest BCUT2D eigenvalue weighted by Crippen LogP contribution is -2.53. The molecule has 2 fully saturated rings. The number of carbonyl (C=O) groups is 2. The van der Waals surface area contributed by atoms with Gasteiger partial charge in [0.2, 0.25) is 5.91 Å². The molecule has 2 amide bonds. The Morgan fingerprint density at radius 3 is 2.06 bits per heavy atom. The smallest absolute Gasteiger partial charge is 0.371 e. The van der Waals surface area contributed by atoms with Gasteiger partial charge in [0.25, 0.3) is 5.91 Å². The fourth-order valence-electron chi connectivity index (χ4n) is 6.39. The number of rotatable bonds is 6. The van der Waals surface area contributed by atoms with Crippen molar-refractivity contribution in [3.8, 4) is 0 Å². The molecule has 0 radical (unpaired) electrons. The number of anilines is 2. The molecule has 0 unspecified atom stereocenters. The summed E-state index contributed by atoms with van der Waals surface area (Å²) in [6, 6.07) is 9.69. The number of nitrogens with one attached hydrogen (secondary N) is 2. The summed E-state index contributed by atoms with van der Waals surface area (Å²) in [7, 11) is 0. The van der Waals surface area contributed by atoms with Gasteiger partial charge in [0.1, 0.15) is 22.9 Å². The maximum absolute atomic E-state index is 14.8. The fourth-order valence-corrected chi connectivity index (χ4v) is 6.39. The molecule has 1 saturated carbocycles. The van der Waals surface area contributed by atoms with Crippen molar-refractivity contribution in [2.24, 2.45) is 11.8 Å². The van der Waals surface area contributed by atoms with Crippen LogP contribution in [0.3, 0.4) is 0 Å². The summed E-state index contributed by atoms with van der Waals surface area (Å²) in [5, 5.41) is 16.0. The maximum Gasteiger partial charge on any atom is 0.416 e. The van der Waals surface area contributed by atoms with E-state index in [0.717, 1.165) is 43.2 Å². The minimum atomic E-state index is -4.95. The van der Waals surface area contributed by atoms with Gasteiger partial charge in [0.05, 0.1) is 23.4 Å². The SMILES string of the molecule is Cc1ccc(NC(=O)[C@H]2C[C@@H](C(F)(F)F)CN(C(=O)c3c(F)cccc3F)[C@H]2c2ccc(NC3(O)CCCC3)cc2)cc1C(F)(F)F. The average Bonchev–Trinajstić information content (AvgIpc) is 3.42. The summed E-state index contributed by atoms with van der Waals surface area (Å²) >= 11 is 0. The molecule has 0 spiro atoms. The van der Waals surface area contributed by atoms with E-state index in [1.807, 2.05) is 0 Å². The van der Waals surface area contributed by atoms with E-state index in [9.17, 15) is 49.8 Å². The van der Waals surface area contributed by atoms with Crippen molar-refractivity contribution in [3.63, 3.8) is 0 Å². The van der Waals surface area contributed by atoms with Crippen LogP contribution < -0.4 is 10.6 Å². The van der Waals surface area contributed by atoms with Crippen LogP contribution in [-0.2, 0) is 11.0 Å². The molecule has 252 valence electrons. The molecule has 3 aromatic carbocycles. The van der Waals surface area contributed by atoms with E-state index >= 15 is 0 Å². The van der Waals surface area contributed by atoms with Crippen LogP contribution in [0.2, 0.25) is 0 Å². The number of likely N-dealkylation sites (tertiary alicyclic amines) is 1. The Morgan fingerprint density at radius 1 is 0.894 bits per heavy atom. The molecule has 1 aliphatic heterocycles. The Kier molecular flexibility index (Phi) is 9.28. The first-order valence-corrected chi connectivity index (χ1v) is 14.9. The zero-order chi connectivity index (χ0) is 34.3. The van der Waals surface area contributed by atoms with Crippen LogP contribution in [0.4, 0.5) is 46.5 Å². The first kappa shape index (κ1) is 34.1. The molecule has 5 rings (SSSR count). The van der Waals surface area contributed by atoms with Gasteiger partial charge in [-0.2, -0.15) is 26.3 Å². The van der Waals surface area contributed by atoms with E-state index in [1.54, 1.807) is 0 Å². The normalized spacial score (nSPS) is 21.4. The zero-order valence-corrected chi connectivity index (χ0v) is 25.0. The Balaban J connectivity index is 1.58. The lowest BCUT2D eigenvalue weighted by Gasteiger charge is -2.45. The van der Waals surface area contributed by atoms with Gasteiger partial charge in [0, 0.05) is 17.9 Å². The third-order valence-corrected chi connectivity index (χ3v) is 8.78. The fraction of sp³-hybridized carbons (Fsp3) is 0.394. The summed E-state index contributed by atoms with van der Waals surface area (Å²) in [6.45, 7) is 0.155. The molecule has 3 atom stereocenters. The minimum absolute atomic E-state index is 0.125. The van der Waals surface area contributed by atoms with E-state index < -0.39 is 83.5 Å². The van der Waals surface area contributed by atoms with Crippen LogP contribution in [-0.4, -0.2) is 40.3 Å². The molecular formula is C33H31F8N3O3. The molecule has 1 saturated heterocycles. The number of hydrogen-bond acceptors (Lipinski definition) is 4. The topological polar surface area (TPSA) is 81.7 Å². The second-order valence-corrected chi connectivity index (χ2v) is 12.1. The number of amides is 2. The van der Waals surface area contributed by atoms with E-state index in [2.05, 4.69) is 10.6 Å². The second kappa shape index (κ2) is 12.8. The van der Waals surface area contributed by atoms with E-state index in [0.29, 0.717) is 29.5 Å². The molecular weight excluding hydrogens is 638 g/mol. The van der Waals surface area contributed by atoms with Crippen molar-refractivity contribution < 1.29 is 49.8 Å². The number of piperidine rings is 1. The summed E-state index contributed by atoms with van der Waals surface area (Å²) in [6.07, 6.45) is -8.08. The molecule has 47 heavy (non-hydrogen) atoms. The van der Waals surface area contributed by atoms with Crippen LogP contribution >= 0.6 is 0 Å². The van der Waals surface area contributed by atoms with Gasteiger partial charge < -0.3 is 20.6 Å². The summed E-state index contributed by atoms with van der Waals surface area (Å²) in [5.74, 6) is -9.25. The number of carbonyl (C=O) groups excluding carboxylic acids is 2. The van der Waals surface area contributed by atoms with Crippen LogP contribution in [0, 0.1) is 30.4 Å². The average molecular weight is 670 g/mol. The predicted octanol–water partition coefficient (Wildman–Crippen LogP) is 7.99. The number of nitrogens with zero attached hydrogens (tertiary/aromatic N) is 1. The van der Waals surface area contributed by atoms with Crippen molar-refractivity contribution in [2.45, 2.75) is 63.1 Å². The first-order valence-electron chi connectivity index (χ1n) is 14.9. The summed E-state index contributed by atoms with van der Waals surface area (Å²) in [5.41, 5.74) is -3.30. The highest BCUT2D eigenvalue weighted by atomic mass is 19.4. The molecule has 14 heteroatoms. The second-order valence-electron chi connectivity index (χ2n) is 12.1. The molecule has 0 aromatic heterocycles. The third kappa shape index (κ3) is 7.37. The van der Waals surface area contributed by atoms with Crippen molar-refractivity contribution in [3.05, 3.63) is 94.6 Å². The van der Waals surface area contributed by atoms with Crippen LogP contribution in [0.25, 0.3) is 0 Å². The van der Waals surface area contributed by atoms with Crippen LogP contribution in [0.1, 0.15) is 65.2 Å². The maximum atomic E-state index is 14.8. The number of hydrogen-bond donors (Lipinski definition) is 3. The highest BCUT2D eigenvalue weighted by Crippen LogP contribution is 2.46. The molecule has 1 aliphatic carbocycles. The monoisotopic (exact) mass is 669 g/mol. The first-order chi connectivity index (χ1) is 22.0. The van der Waals surface area contributed by atoms with Crippen molar-refractivity contribution in [1.82, 2.24) is 4.90 Å². The van der Waals surface area contributed by atoms with E-state index in [-0.39, 0.29) is 16.8 Å². The van der Waals surface area contributed by atoms with Crippen LogP contribution in [0.15, 0.2) is 60.7 Å². The standard InChI is InChI=1S/C33H31F8N3O3/c1-18-7-10-22(16-24(18)33(39,40)41)42-29(45)23-15-20(32(36,37)38)17-44(30(46)27-25(34)5-4-6-26(27)35)28(23)19-8-11-21(12-9-19)43-31(47)13-2-3-14-31/h4-12,16,20,23,28,43,47H,2-3,13-15,17H2,1H3,(H,42,45)/t20-,23+,28+/m1/s1. The minimum Gasteiger partial charge on any atom is -0.371 e. The largest absolute Gasteiger partial charge is 0.416 e. The van der Waals surface area contributed by atoms with E-state index in [4.69, 9.17) is 0 Å². The molecule has 3 N–H and O–H groups in total. The highest BCUT2D eigenvalue weighted by molar-refractivity contribution is 5.97. The molecule has 3 aromatic rings. The van der Waals surface area contributed by atoms with Gasteiger partial charge in [-0.05, 0) is 86.6 Å². The van der Waals surface area contributed by atoms with Crippen molar-refractivity contribution in [2.75, 3.05) is 17.2 Å². The molecule has 2 aliphatic rings. The lowest BCUT2D eigenvalue weighted by atomic mass is 9.78. The summed E-state index contributed by atoms with van der Waals surface area (Å²) < 4.78 is 113. The number of benzene rings is 3. The number of aryl methyl sites for hydroxylation is 1. The Hall–Kier alpha value is -4.20. The zero-order valence-electron chi connectivity index (χ0n) is 25.0. The van der Waals surface area contributed by atoms with Gasteiger partial charge in [-0.25, -0.2) is 8.78 Å². The number of halogens is 8. The van der Waals surface area contributed by atoms with Gasteiger partial charge in [-0.15, -0.1) is 0 Å². The summed E-state index contributed by atoms with van der Waals surface area (Å²) in [4.78, 5) is 28.1. The quantitative estimate of drug-likeness (QED) is 0.184. The molecule has 0 bridgehead atoms. The van der Waals surface area contributed by atoms with Gasteiger partial charge in [0.15, 0.2) is 0 Å². The molecule has 1 heterocycles. The Bertz CT molecular complexity index is 1620. The molecule has 6 nitrogen and oxygen atoms in total. The van der Waals surface area contributed by atoms with Crippen LogP contribution in [0.5, 0.6) is 0 Å². The Morgan fingerprint density at radius 2 is 1.49 bits per heavy atom. The number of aliphatic hydroxyl groups is 1. The van der Waals surface area contributed by atoms with Crippen molar-refractivity contribution >= 4 is 23.2 Å². The van der Waals surface area contributed by atoms with Crippen molar-refractivity contribution in [1.29, 1.82) is 0 Å². The predicted molar refractivity (Wildman–Crippen MR) is 156 cm³/mol. The third-order valence-electron chi connectivity index (χ3n) is 8.78. The number of alkyl halides is 6. The Labute approximate surface area is 264 Å². The van der Waals surface area contributed by atoms with E-state index in [1.165, 1.54) is 31.2 Å².